The van der Waals surface area contributed by atoms with Gasteiger partial charge in [0.25, 0.3) is 0 Å². The lowest BCUT2D eigenvalue weighted by Crippen LogP contribution is -2.32. The third-order valence-corrected chi connectivity index (χ3v) is 2.96. The number of carboxylic acids is 1. The molecule has 0 saturated carbocycles. The molecule has 0 aliphatic rings. The standard InChI is InChI=1S/C15H14ClNO3/c16-11-2-1-3-13(9-11)20-12-6-4-10(5-7-12)8-14(17)15(18)19/h1-7,9,14H,8,17H2,(H,18,19). The Bertz CT molecular complexity index is 598. The number of rotatable bonds is 5. The van der Waals surface area contributed by atoms with Gasteiger partial charge in [0.05, 0.1) is 0 Å². The van der Waals surface area contributed by atoms with Crippen LogP contribution in [0.4, 0.5) is 0 Å². The largest absolute Gasteiger partial charge is 0.480 e. The molecule has 0 aliphatic heterocycles. The highest BCUT2D eigenvalue weighted by Gasteiger charge is 2.11. The van der Waals surface area contributed by atoms with Crippen LogP contribution in [0.2, 0.25) is 5.02 Å². The molecule has 0 aromatic heterocycles. The van der Waals surface area contributed by atoms with E-state index in [2.05, 4.69) is 0 Å². The number of carbonyl (C=O) groups is 1. The average molecular weight is 292 g/mol. The van der Waals surface area contributed by atoms with Crippen molar-refractivity contribution in [3.8, 4) is 11.5 Å². The Labute approximate surface area is 121 Å². The summed E-state index contributed by atoms with van der Waals surface area (Å²) >= 11 is 5.87. The van der Waals surface area contributed by atoms with E-state index in [0.29, 0.717) is 16.5 Å². The topological polar surface area (TPSA) is 72.5 Å². The van der Waals surface area contributed by atoms with E-state index in [1.165, 1.54) is 0 Å². The van der Waals surface area contributed by atoms with E-state index >= 15 is 0 Å². The van der Waals surface area contributed by atoms with Crippen molar-refractivity contribution in [2.75, 3.05) is 0 Å². The van der Waals surface area contributed by atoms with E-state index in [-0.39, 0.29) is 6.42 Å². The fraction of sp³-hybridized carbons (Fsp3) is 0.133. The van der Waals surface area contributed by atoms with Crippen LogP contribution in [-0.4, -0.2) is 17.1 Å². The molecule has 0 fully saturated rings. The van der Waals surface area contributed by atoms with Crippen molar-refractivity contribution < 1.29 is 14.6 Å². The van der Waals surface area contributed by atoms with E-state index in [4.69, 9.17) is 27.2 Å². The van der Waals surface area contributed by atoms with Gasteiger partial charge in [0, 0.05) is 5.02 Å². The summed E-state index contributed by atoms with van der Waals surface area (Å²) in [5, 5.41) is 9.36. The maximum Gasteiger partial charge on any atom is 0.320 e. The molecule has 4 nitrogen and oxygen atoms in total. The predicted molar refractivity (Wildman–Crippen MR) is 77.3 cm³/mol. The molecule has 2 rings (SSSR count). The number of nitrogens with two attached hydrogens (primary N) is 1. The SMILES string of the molecule is NC(Cc1ccc(Oc2cccc(Cl)c2)cc1)C(=O)O. The minimum Gasteiger partial charge on any atom is -0.480 e. The van der Waals surface area contributed by atoms with Gasteiger partial charge < -0.3 is 15.6 Å². The summed E-state index contributed by atoms with van der Waals surface area (Å²) in [6.07, 6.45) is 0.285. The van der Waals surface area contributed by atoms with Gasteiger partial charge in [-0.15, -0.1) is 0 Å². The number of aliphatic carboxylic acids is 1. The van der Waals surface area contributed by atoms with Crippen molar-refractivity contribution in [2.24, 2.45) is 5.73 Å². The van der Waals surface area contributed by atoms with Crippen LogP contribution in [0.25, 0.3) is 0 Å². The zero-order valence-electron chi connectivity index (χ0n) is 10.6. The lowest BCUT2D eigenvalue weighted by molar-refractivity contribution is -0.138. The van der Waals surface area contributed by atoms with Gasteiger partial charge in [0.15, 0.2) is 0 Å². The summed E-state index contributed by atoms with van der Waals surface area (Å²) in [4.78, 5) is 10.7. The van der Waals surface area contributed by atoms with E-state index < -0.39 is 12.0 Å². The van der Waals surface area contributed by atoms with Crippen LogP contribution in [0.3, 0.4) is 0 Å². The van der Waals surface area contributed by atoms with Crippen molar-refractivity contribution in [1.82, 2.24) is 0 Å². The van der Waals surface area contributed by atoms with Crippen LogP contribution in [0.5, 0.6) is 11.5 Å². The highest BCUT2D eigenvalue weighted by atomic mass is 35.5. The van der Waals surface area contributed by atoms with Crippen LogP contribution in [-0.2, 0) is 11.2 Å². The minimum absolute atomic E-state index is 0.285. The van der Waals surface area contributed by atoms with Crippen molar-refractivity contribution in [3.05, 3.63) is 59.1 Å². The summed E-state index contributed by atoms with van der Waals surface area (Å²) < 4.78 is 5.63. The Morgan fingerprint density at radius 2 is 1.90 bits per heavy atom. The zero-order chi connectivity index (χ0) is 14.5. The molecule has 104 valence electrons. The second-order valence-electron chi connectivity index (χ2n) is 4.35. The van der Waals surface area contributed by atoms with Gasteiger partial charge >= 0.3 is 5.97 Å². The van der Waals surface area contributed by atoms with Crippen molar-refractivity contribution in [1.29, 1.82) is 0 Å². The number of carboxylic acid groups (broad SMARTS) is 1. The van der Waals surface area contributed by atoms with Crippen molar-refractivity contribution in [2.45, 2.75) is 12.5 Å². The Morgan fingerprint density at radius 3 is 2.50 bits per heavy atom. The lowest BCUT2D eigenvalue weighted by atomic mass is 10.1. The molecular formula is C15H14ClNO3. The fourth-order valence-electron chi connectivity index (χ4n) is 1.70. The summed E-state index contributed by atoms with van der Waals surface area (Å²) in [5.41, 5.74) is 6.33. The van der Waals surface area contributed by atoms with E-state index in [0.717, 1.165) is 5.56 Å². The Balaban J connectivity index is 2.03. The van der Waals surface area contributed by atoms with Crippen molar-refractivity contribution in [3.63, 3.8) is 0 Å². The van der Waals surface area contributed by atoms with Gasteiger partial charge in [-0.25, -0.2) is 0 Å². The first kappa shape index (κ1) is 14.4. The number of benzene rings is 2. The van der Waals surface area contributed by atoms with Gasteiger partial charge in [-0.2, -0.15) is 0 Å². The van der Waals surface area contributed by atoms with E-state index in [9.17, 15) is 4.79 Å². The molecule has 1 unspecified atom stereocenters. The first-order valence-corrected chi connectivity index (χ1v) is 6.43. The number of halogens is 1. The molecule has 0 aliphatic carbocycles. The van der Waals surface area contributed by atoms with Crippen LogP contribution >= 0.6 is 11.6 Å². The molecule has 3 N–H and O–H groups in total. The highest BCUT2D eigenvalue weighted by molar-refractivity contribution is 6.30. The van der Waals surface area contributed by atoms with Gasteiger partial charge in [0.1, 0.15) is 17.5 Å². The van der Waals surface area contributed by atoms with Gasteiger partial charge in [-0.3, -0.25) is 4.79 Å². The quantitative estimate of drug-likeness (QED) is 0.888. The molecule has 0 bridgehead atoms. The van der Waals surface area contributed by atoms with Gasteiger partial charge in [-0.05, 0) is 42.3 Å². The monoisotopic (exact) mass is 291 g/mol. The molecule has 1 atom stereocenters. The predicted octanol–water partition coefficient (Wildman–Crippen LogP) is 3.09. The van der Waals surface area contributed by atoms with Gasteiger partial charge in [0.2, 0.25) is 0 Å². The fourth-order valence-corrected chi connectivity index (χ4v) is 1.88. The van der Waals surface area contributed by atoms with Crippen LogP contribution in [0.1, 0.15) is 5.56 Å². The molecule has 5 heteroatoms. The Hall–Kier alpha value is -2.04. The first-order valence-electron chi connectivity index (χ1n) is 6.05. The Morgan fingerprint density at radius 1 is 1.20 bits per heavy atom. The number of hydrogen-bond donors (Lipinski definition) is 2. The third kappa shape index (κ3) is 3.98. The van der Waals surface area contributed by atoms with E-state index in [1.807, 2.05) is 0 Å². The summed E-state index contributed by atoms with van der Waals surface area (Å²) in [6, 6.07) is 13.3. The molecule has 2 aromatic carbocycles. The van der Waals surface area contributed by atoms with Crippen LogP contribution in [0, 0.1) is 0 Å². The molecule has 0 spiro atoms. The summed E-state index contributed by atoms with van der Waals surface area (Å²) in [7, 11) is 0. The molecule has 20 heavy (non-hydrogen) atoms. The smallest absolute Gasteiger partial charge is 0.320 e. The summed E-state index contributed by atoms with van der Waals surface area (Å²) in [5.74, 6) is 0.289. The molecule has 0 radical (unpaired) electrons. The second kappa shape index (κ2) is 6.41. The van der Waals surface area contributed by atoms with Gasteiger partial charge in [-0.1, -0.05) is 29.8 Å². The van der Waals surface area contributed by atoms with Crippen molar-refractivity contribution >= 4 is 17.6 Å². The zero-order valence-corrected chi connectivity index (χ0v) is 11.4. The second-order valence-corrected chi connectivity index (χ2v) is 4.79. The highest BCUT2D eigenvalue weighted by Crippen LogP contribution is 2.24. The molecular weight excluding hydrogens is 278 g/mol. The summed E-state index contributed by atoms with van der Waals surface area (Å²) in [6.45, 7) is 0. The van der Waals surface area contributed by atoms with Crippen LogP contribution in [0.15, 0.2) is 48.5 Å². The number of hydrogen-bond acceptors (Lipinski definition) is 3. The average Bonchev–Trinajstić information content (AvgIpc) is 2.41. The molecule has 0 saturated heterocycles. The number of ether oxygens (including phenoxy) is 1. The van der Waals surface area contributed by atoms with Crippen LogP contribution < -0.4 is 10.5 Å². The lowest BCUT2D eigenvalue weighted by Gasteiger charge is -2.09. The maximum atomic E-state index is 10.7. The molecule has 2 aromatic rings. The molecule has 0 heterocycles. The Kier molecular flexibility index (Phi) is 4.61. The normalized spacial score (nSPS) is 11.9. The van der Waals surface area contributed by atoms with E-state index in [1.54, 1.807) is 48.5 Å². The third-order valence-electron chi connectivity index (χ3n) is 2.73. The first-order chi connectivity index (χ1) is 9.54. The minimum atomic E-state index is -1.01. The maximum absolute atomic E-state index is 10.7. The molecule has 0 amide bonds.